The number of nitrogens with one attached hydrogen (secondary N) is 1. The van der Waals surface area contributed by atoms with E-state index in [2.05, 4.69) is 15.3 Å². The second kappa shape index (κ2) is 3.29. The van der Waals surface area contributed by atoms with Gasteiger partial charge in [0.2, 0.25) is 0 Å². The van der Waals surface area contributed by atoms with Gasteiger partial charge in [0.25, 0.3) is 5.91 Å². The van der Waals surface area contributed by atoms with Gasteiger partial charge in [0.1, 0.15) is 12.0 Å². The Morgan fingerprint density at radius 2 is 2.29 bits per heavy atom. The van der Waals surface area contributed by atoms with Gasteiger partial charge in [-0.2, -0.15) is 0 Å². The summed E-state index contributed by atoms with van der Waals surface area (Å²) in [7, 11) is 0. The molecule has 0 saturated heterocycles. The van der Waals surface area contributed by atoms with Crippen molar-refractivity contribution in [3.63, 3.8) is 0 Å². The van der Waals surface area contributed by atoms with Crippen LogP contribution < -0.4 is 11.1 Å². The van der Waals surface area contributed by atoms with Crippen LogP contribution in [0.4, 0.5) is 11.4 Å². The summed E-state index contributed by atoms with van der Waals surface area (Å²) in [5.41, 5.74) is 6.84. The zero-order valence-corrected chi connectivity index (χ0v) is 7.27. The lowest BCUT2D eigenvalue weighted by Gasteiger charge is -2.05. The minimum atomic E-state index is -0.497. The van der Waals surface area contributed by atoms with Crippen molar-refractivity contribution in [2.45, 2.75) is 0 Å². The van der Waals surface area contributed by atoms with E-state index in [0.29, 0.717) is 11.3 Å². The molecule has 70 valence electrons. The van der Waals surface area contributed by atoms with Gasteiger partial charge in [-0.1, -0.05) is 6.07 Å². The Hall–Kier alpha value is -2.17. The van der Waals surface area contributed by atoms with Crippen LogP contribution in [0.2, 0.25) is 0 Å². The molecule has 1 heterocycles. The smallest absolute Gasteiger partial charge is 0.250 e. The van der Waals surface area contributed by atoms with Gasteiger partial charge in [-0.3, -0.25) is 4.79 Å². The molecule has 0 fully saturated rings. The second-order valence-corrected chi connectivity index (χ2v) is 2.73. The number of nitrogens with zero attached hydrogens (tertiary/aromatic N) is 2. The Morgan fingerprint density at radius 3 is 3.07 bits per heavy atom. The average molecular weight is 188 g/mol. The third kappa shape index (κ3) is 1.35. The van der Waals surface area contributed by atoms with Crippen LogP contribution in [0.5, 0.6) is 0 Å². The van der Waals surface area contributed by atoms with Crippen molar-refractivity contribution in [3.05, 3.63) is 23.8 Å². The quantitative estimate of drug-likeness (QED) is 0.686. The molecular weight excluding hydrogens is 180 g/mol. The summed E-state index contributed by atoms with van der Waals surface area (Å²) in [4.78, 5) is 18.9. The van der Waals surface area contributed by atoms with Crippen molar-refractivity contribution in [2.24, 2.45) is 15.7 Å². The highest BCUT2D eigenvalue weighted by Crippen LogP contribution is 2.29. The monoisotopic (exact) mass is 188 g/mol. The van der Waals surface area contributed by atoms with E-state index in [4.69, 9.17) is 5.73 Å². The lowest BCUT2D eigenvalue weighted by atomic mass is 10.1. The first-order chi connectivity index (χ1) is 6.79. The zero-order valence-electron chi connectivity index (χ0n) is 7.27. The average Bonchev–Trinajstić information content (AvgIpc) is 2.41. The predicted molar refractivity (Wildman–Crippen MR) is 55.2 cm³/mol. The summed E-state index contributed by atoms with van der Waals surface area (Å²) in [6, 6.07) is 5.17. The summed E-state index contributed by atoms with van der Waals surface area (Å²) < 4.78 is 0. The number of carbonyl (C=O) groups excluding carboxylic acids is 1. The first-order valence-corrected chi connectivity index (χ1v) is 4.02. The molecule has 1 aliphatic heterocycles. The van der Waals surface area contributed by atoms with Crippen LogP contribution in [0.1, 0.15) is 10.4 Å². The number of para-hydroxylation sites is 1. The number of amides is 1. The minimum Gasteiger partial charge on any atom is -0.366 e. The number of fused-ring (bicyclic) bond motifs is 1. The first-order valence-electron chi connectivity index (χ1n) is 4.02. The number of carbonyl (C=O) groups is 1. The van der Waals surface area contributed by atoms with E-state index in [1.54, 1.807) is 18.2 Å². The van der Waals surface area contributed by atoms with Gasteiger partial charge in [-0.05, 0) is 12.1 Å². The van der Waals surface area contributed by atoms with E-state index in [1.807, 2.05) is 0 Å². The van der Waals surface area contributed by atoms with E-state index in [0.717, 1.165) is 5.69 Å². The maximum Gasteiger partial charge on any atom is 0.250 e. The molecule has 0 bridgehead atoms. The molecule has 1 aromatic carbocycles. The molecule has 0 aromatic heterocycles. The molecule has 1 aromatic rings. The van der Waals surface area contributed by atoms with Crippen LogP contribution in [0, 0.1) is 0 Å². The number of primary amides is 1. The Morgan fingerprint density at radius 1 is 1.43 bits per heavy atom. The van der Waals surface area contributed by atoms with Crippen molar-refractivity contribution in [1.29, 1.82) is 0 Å². The normalized spacial score (nSPS) is 12.9. The Bertz CT molecular complexity index is 436. The maximum absolute atomic E-state index is 11.1. The standard InChI is InChI=1S/C9H8N4O/c10-9(14)6-2-1-3-7-8(6)13-5-11-4-12-7/h1-5H,(H2,10,14)(H,11,12,13). The van der Waals surface area contributed by atoms with Gasteiger partial charge >= 0.3 is 0 Å². The molecule has 0 unspecified atom stereocenters. The second-order valence-electron chi connectivity index (χ2n) is 2.73. The summed E-state index contributed by atoms with van der Waals surface area (Å²) in [6.07, 6.45) is 2.87. The van der Waals surface area contributed by atoms with Gasteiger partial charge in [0.05, 0.1) is 17.6 Å². The van der Waals surface area contributed by atoms with Crippen molar-refractivity contribution in [2.75, 3.05) is 5.32 Å². The molecule has 5 heteroatoms. The van der Waals surface area contributed by atoms with Crippen LogP contribution in [0.25, 0.3) is 0 Å². The van der Waals surface area contributed by atoms with Gasteiger partial charge in [-0.25, -0.2) is 9.98 Å². The number of aliphatic imine (C=N–C) groups is 2. The molecule has 0 atom stereocenters. The SMILES string of the molecule is NC(=O)c1cccc2c1N=CN=CN2. The van der Waals surface area contributed by atoms with Crippen LogP contribution >= 0.6 is 0 Å². The lowest BCUT2D eigenvalue weighted by molar-refractivity contribution is 0.100. The van der Waals surface area contributed by atoms with E-state index in [1.165, 1.54) is 12.7 Å². The van der Waals surface area contributed by atoms with E-state index in [9.17, 15) is 4.79 Å². The fraction of sp³-hybridized carbons (Fsp3) is 0. The number of hydrogen-bond acceptors (Lipinski definition) is 4. The van der Waals surface area contributed by atoms with Gasteiger partial charge in [0, 0.05) is 0 Å². The number of rotatable bonds is 1. The molecule has 3 N–H and O–H groups in total. The number of anilines is 1. The summed E-state index contributed by atoms with van der Waals surface area (Å²) in [6.45, 7) is 0. The Labute approximate surface area is 80.4 Å². The summed E-state index contributed by atoms with van der Waals surface area (Å²) in [5, 5.41) is 2.90. The molecule has 5 nitrogen and oxygen atoms in total. The first kappa shape index (κ1) is 8.43. The zero-order chi connectivity index (χ0) is 9.97. The highest BCUT2D eigenvalue weighted by molar-refractivity contribution is 6.03. The highest BCUT2D eigenvalue weighted by atomic mass is 16.1. The van der Waals surface area contributed by atoms with Crippen molar-refractivity contribution < 1.29 is 4.79 Å². The van der Waals surface area contributed by atoms with Crippen LogP contribution in [-0.2, 0) is 0 Å². The van der Waals surface area contributed by atoms with Gasteiger partial charge < -0.3 is 11.1 Å². The van der Waals surface area contributed by atoms with Crippen LogP contribution in [-0.4, -0.2) is 18.6 Å². The van der Waals surface area contributed by atoms with E-state index >= 15 is 0 Å². The van der Waals surface area contributed by atoms with Crippen LogP contribution in [0.15, 0.2) is 28.2 Å². The van der Waals surface area contributed by atoms with Crippen molar-refractivity contribution in [3.8, 4) is 0 Å². The summed E-state index contributed by atoms with van der Waals surface area (Å²) in [5.74, 6) is -0.497. The molecule has 14 heavy (non-hydrogen) atoms. The molecule has 1 amide bonds. The molecule has 0 radical (unpaired) electrons. The Kier molecular flexibility index (Phi) is 1.98. The van der Waals surface area contributed by atoms with Gasteiger partial charge in [0.15, 0.2) is 0 Å². The minimum absolute atomic E-state index is 0.386. The number of hydrogen-bond donors (Lipinski definition) is 2. The number of benzene rings is 1. The topological polar surface area (TPSA) is 79.8 Å². The van der Waals surface area contributed by atoms with Crippen LogP contribution in [0.3, 0.4) is 0 Å². The lowest BCUT2D eigenvalue weighted by Crippen LogP contribution is -2.11. The predicted octanol–water partition coefficient (Wildman–Crippen LogP) is 0.899. The third-order valence-electron chi connectivity index (χ3n) is 1.85. The molecular formula is C9H8N4O. The maximum atomic E-state index is 11.1. The van der Waals surface area contributed by atoms with E-state index in [-0.39, 0.29) is 0 Å². The van der Waals surface area contributed by atoms with Gasteiger partial charge in [-0.15, -0.1) is 0 Å². The Balaban J connectivity index is 2.61. The van der Waals surface area contributed by atoms with Crippen molar-refractivity contribution in [1.82, 2.24) is 0 Å². The third-order valence-corrected chi connectivity index (χ3v) is 1.85. The highest BCUT2D eigenvalue weighted by Gasteiger charge is 2.11. The fourth-order valence-corrected chi connectivity index (χ4v) is 1.23. The molecule has 2 rings (SSSR count). The molecule has 0 spiro atoms. The van der Waals surface area contributed by atoms with E-state index < -0.39 is 5.91 Å². The molecule has 0 saturated carbocycles. The molecule has 0 aliphatic carbocycles. The summed E-state index contributed by atoms with van der Waals surface area (Å²) >= 11 is 0. The fourth-order valence-electron chi connectivity index (χ4n) is 1.23. The van der Waals surface area contributed by atoms with Crippen molar-refractivity contribution >= 4 is 30.0 Å². The number of nitrogens with two attached hydrogens (primary N) is 1. The molecule has 1 aliphatic rings. The largest absolute Gasteiger partial charge is 0.366 e.